The number of hydrogen-bond acceptors (Lipinski definition) is 8. The van der Waals surface area contributed by atoms with Gasteiger partial charge in [0.2, 0.25) is 10.9 Å². The van der Waals surface area contributed by atoms with Crippen molar-refractivity contribution in [3.05, 3.63) is 89.1 Å². The number of nitrogens with zero attached hydrogens (tertiary/aromatic N) is 5. The van der Waals surface area contributed by atoms with Gasteiger partial charge in [0.05, 0.1) is 13.3 Å². The van der Waals surface area contributed by atoms with Gasteiger partial charge in [-0.05, 0) is 47.9 Å². The van der Waals surface area contributed by atoms with Crippen LogP contribution in [0.5, 0.6) is 11.5 Å². The molecule has 0 unspecified atom stereocenters. The van der Waals surface area contributed by atoms with E-state index < -0.39 is 0 Å². The molecule has 0 radical (unpaired) electrons. The molecule has 9 nitrogen and oxygen atoms in total. The Hall–Kier alpha value is -4.67. The highest BCUT2D eigenvalue weighted by atomic mass is 32.1. The van der Waals surface area contributed by atoms with Gasteiger partial charge in [-0.3, -0.25) is 9.69 Å². The number of carbonyl (C=O) groups is 1. The van der Waals surface area contributed by atoms with E-state index in [0.717, 1.165) is 76.2 Å². The minimum Gasteiger partial charge on any atom is -0.497 e. The number of aromatic nitrogens is 3. The van der Waals surface area contributed by atoms with Crippen LogP contribution in [0.25, 0.3) is 38.5 Å². The number of rotatable bonds is 9. The molecular weight excluding hydrogens is 586 g/mol. The number of carbonyl (C=O) groups excluding carboxylic acids is 1. The Morgan fingerprint density at radius 1 is 0.978 bits per heavy atom. The zero-order valence-corrected chi connectivity index (χ0v) is 26.5. The second kappa shape index (κ2) is 12.4. The van der Waals surface area contributed by atoms with Crippen molar-refractivity contribution in [3.8, 4) is 34.1 Å². The average Bonchev–Trinajstić information content (AvgIpc) is 3.77. The van der Waals surface area contributed by atoms with Crippen LogP contribution < -0.4 is 9.47 Å². The van der Waals surface area contributed by atoms with E-state index in [1.165, 1.54) is 5.56 Å². The summed E-state index contributed by atoms with van der Waals surface area (Å²) in [5, 5.41) is 6.39. The van der Waals surface area contributed by atoms with Crippen molar-refractivity contribution in [3.63, 3.8) is 0 Å². The maximum atomic E-state index is 12.0. The lowest BCUT2D eigenvalue weighted by Crippen LogP contribution is -2.48. The first-order valence-corrected chi connectivity index (χ1v) is 16.0. The van der Waals surface area contributed by atoms with Crippen molar-refractivity contribution >= 4 is 33.2 Å². The Labute approximate surface area is 265 Å². The summed E-state index contributed by atoms with van der Waals surface area (Å²) in [7, 11) is 1.65. The van der Waals surface area contributed by atoms with E-state index in [0.29, 0.717) is 30.1 Å². The molecule has 0 atom stereocenters. The van der Waals surface area contributed by atoms with Gasteiger partial charge in [-0.1, -0.05) is 54.7 Å². The van der Waals surface area contributed by atoms with Gasteiger partial charge >= 0.3 is 0 Å². The molecule has 0 N–H and O–H groups in total. The van der Waals surface area contributed by atoms with Gasteiger partial charge in [0, 0.05) is 56.2 Å². The highest BCUT2D eigenvalue weighted by Crippen LogP contribution is 2.34. The van der Waals surface area contributed by atoms with Gasteiger partial charge in [0.25, 0.3) is 0 Å². The Bertz CT molecular complexity index is 1940. The van der Waals surface area contributed by atoms with Gasteiger partial charge < -0.3 is 18.8 Å². The van der Waals surface area contributed by atoms with Crippen LogP contribution >= 0.6 is 11.3 Å². The molecular formula is C35H35N5O4S. The largest absolute Gasteiger partial charge is 0.497 e. The first-order valence-electron chi connectivity index (χ1n) is 15.2. The lowest BCUT2D eigenvalue weighted by Gasteiger charge is -2.34. The number of fused-ring (bicyclic) bond motifs is 2. The minimum atomic E-state index is 0.246. The number of methoxy groups -OCH3 is 1. The summed E-state index contributed by atoms with van der Waals surface area (Å²) in [6, 6.07) is 22.8. The predicted molar refractivity (Wildman–Crippen MR) is 176 cm³/mol. The maximum Gasteiger partial charge on any atom is 0.222 e. The van der Waals surface area contributed by atoms with E-state index in [1.807, 2.05) is 55.3 Å². The fraction of sp³-hybridized carbons (Fsp3) is 0.286. The normalized spacial score (nSPS) is 14.0. The molecule has 1 fully saturated rings. The van der Waals surface area contributed by atoms with Crippen molar-refractivity contribution in [1.29, 1.82) is 0 Å². The molecule has 0 saturated carbocycles. The first-order chi connectivity index (χ1) is 21.9. The summed E-state index contributed by atoms with van der Waals surface area (Å²) >= 11 is 1.54. The second-order valence-electron chi connectivity index (χ2n) is 11.3. The topological polar surface area (TPSA) is 85.3 Å². The van der Waals surface area contributed by atoms with Crippen LogP contribution in [0.3, 0.4) is 0 Å². The summed E-state index contributed by atoms with van der Waals surface area (Å²) in [4.78, 5) is 21.9. The zero-order chi connectivity index (χ0) is 30.9. The van der Waals surface area contributed by atoms with Crippen molar-refractivity contribution in [2.75, 3.05) is 33.3 Å². The lowest BCUT2D eigenvalue weighted by atomic mass is 10.0. The summed E-state index contributed by atoms with van der Waals surface area (Å²) in [6.45, 7) is 8.56. The third kappa shape index (κ3) is 6.16. The zero-order valence-electron chi connectivity index (χ0n) is 25.7. The fourth-order valence-electron chi connectivity index (χ4n) is 5.83. The van der Waals surface area contributed by atoms with Crippen LogP contribution in [-0.4, -0.2) is 63.6 Å². The smallest absolute Gasteiger partial charge is 0.222 e. The molecule has 6 aromatic rings. The highest BCUT2D eigenvalue weighted by molar-refractivity contribution is 7.16. The maximum absolute atomic E-state index is 12.0. The Kier molecular flexibility index (Phi) is 7.99. The average molecular weight is 622 g/mol. The van der Waals surface area contributed by atoms with Crippen LogP contribution in [-0.2, 0) is 17.9 Å². The van der Waals surface area contributed by atoms with Crippen LogP contribution in [0.15, 0.2) is 77.3 Å². The molecule has 0 bridgehead atoms. The van der Waals surface area contributed by atoms with Crippen LogP contribution in [0, 0.1) is 6.92 Å². The molecule has 3 aromatic heterocycles. The summed E-state index contributed by atoms with van der Waals surface area (Å²) in [5.74, 6) is 2.41. The van der Waals surface area contributed by atoms with E-state index in [4.69, 9.17) is 18.9 Å². The van der Waals surface area contributed by atoms with Crippen LogP contribution in [0.4, 0.5) is 0 Å². The number of benzene rings is 3. The summed E-state index contributed by atoms with van der Waals surface area (Å²) in [6.07, 6.45) is 2.47. The van der Waals surface area contributed by atoms with Gasteiger partial charge in [0.15, 0.2) is 5.76 Å². The number of imidazole rings is 1. The SMILES string of the molecule is CCC(=O)N1CCN(Cc2ccc(-c3cccc(OCc4cc(OC)cc5oc(-c6cn7nc(C)sc7n6)cc45)c3)cc2)CC1. The number of hydrogen-bond donors (Lipinski definition) is 0. The Morgan fingerprint density at radius 3 is 2.56 bits per heavy atom. The molecule has 230 valence electrons. The summed E-state index contributed by atoms with van der Waals surface area (Å²) < 4.78 is 19.9. The lowest BCUT2D eigenvalue weighted by molar-refractivity contribution is -0.132. The van der Waals surface area contributed by atoms with Gasteiger partial charge in [-0.25, -0.2) is 9.50 Å². The first kappa shape index (κ1) is 29.1. The molecule has 1 amide bonds. The number of amides is 1. The highest BCUT2D eigenvalue weighted by Gasteiger charge is 2.20. The van der Waals surface area contributed by atoms with Crippen LogP contribution in [0.2, 0.25) is 0 Å². The number of aryl methyl sites for hydroxylation is 1. The number of piperazine rings is 1. The van der Waals surface area contributed by atoms with Crippen LogP contribution in [0.1, 0.15) is 29.5 Å². The van der Waals surface area contributed by atoms with Gasteiger partial charge in [-0.15, -0.1) is 0 Å². The molecule has 0 aliphatic carbocycles. The molecule has 0 spiro atoms. The number of furan rings is 1. The van der Waals surface area contributed by atoms with Crippen molar-refractivity contribution in [2.45, 2.75) is 33.4 Å². The second-order valence-corrected chi connectivity index (χ2v) is 12.5. The number of ether oxygens (including phenoxy) is 2. The predicted octanol–water partition coefficient (Wildman–Crippen LogP) is 6.82. The van der Waals surface area contributed by atoms with Crippen molar-refractivity contribution in [2.24, 2.45) is 0 Å². The standard InChI is InChI=1S/C35H35N5O4S/c1-4-34(41)39-14-12-38(13-15-39)20-24-8-10-25(11-9-24)26-6-5-7-28(16-26)43-22-27-17-29(42-3)18-32-30(27)19-33(44-32)31-21-40-35(36-31)45-23(2)37-40/h5-11,16-19,21H,4,12-15,20,22H2,1-3H3. The molecule has 45 heavy (non-hydrogen) atoms. The van der Waals surface area contributed by atoms with Crippen molar-refractivity contribution in [1.82, 2.24) is 24.4 Å². The van der Waals surface area contributed by atoms with E-state index in [2.05, 4.69) is 46.4 Å². The summed E-state index contributed by atoms with van der Waals surface area (Å²) in [5.41, 5.74) is 5.91. The van der Waals surface area contributed by atoms with Gasteiger partial charge in [-0.2, -0.15) is 5.10 Å². The monoisotopic (exact) mass is 621 g/mol. The van der Waals surface area contributed by atoms with E-state index in [9.17, 15) is 4.79 Å². The van der Waals surface area contributed by atoms with E-state index in [1.54, 1.807) is 23.0 Å². The molecule has 1 aliphatic rings. The molecule has 4 heterocycles. The quantitative estimate of drug-likeness (QED) is 0.175. The molecule has 3 aromatic carbocycles. The Balaban J connectivity index is 1.04. The van der Waals surface area contributed by atoms with E-state index >= 15 is 0 Å². The van der Waals surface area contributed by atoms with Crippen molar-refractivity contribution < 1.29 is 18.7 Å². The molecule has 1 aliphatic heterocycles. The Morgan fingerprint density at radius 2 is 1.80 bits per heavy atom. The molecule has 1 saturated heterocycles. The molecule has 10 heteroatoms. The minimum absolute atomic E-state index is 0.246. The third-order valence-electron chi connectivity index (χ3n) is 8.28. The third-order valence-corrected chi connectivity index (χ3v) is 9.12. The van der Waals surface area contributed by atoms with Gasteiger partial charge in [0.1, 0.15) is 34.4 Å². The molecule has 7 rings (SSSR count). The van der Waals surface area contributed by atoms with E-state index in [-0.39, 0.29) is 5.91 Å². The fourth-order valence-corrected chi connectivity index (χ4v) is 6.56.